The molecule has 0 aliphatic carbocycles. The summed E-state index contributed by atoms with van der Waals surface area (Å²) in [6, 6.07) is 1.98. The van der Waals surface area contributed by atoms with Crippen molar-refractivity contribution in [1.82, 2.24) is 9.97 Å². The van der Waals surface area contributed by atoms with E-state index in [0.717, 1.165) is 16.9 Å². The molecule has 3 heterocycles. The number of aliphatic hydroxyl groups excluding tert-OH is 1. The smallest absolute Gasteiger partial charge is 0.259 e. The zero-order chi connectivity index (χ0) is 14.3. The van der Waals surface area contributed by atoms with Crippen LogP contribution in [0.15, 0.2) is 21.6 Å². The molecule has 20 heavy (non-hydrogen) atoms. The molecule has 0 radical (unpaired) electrons. The zero-order valence-electron chi connectivity index (χ0n) is 10.6. The van der Waals surface area contributed by atoms with Crippen molar-refractivity contribution in [2.24, 2.45) is 0 Å². The summed E-state index contributed by atoms with van der Waals surface area (Å²) < 4.78 is 0. The van der Waals surface area contributed by atoms with Gasteiger partial charge in [0.1, 0.15) is 10.7 Å². The van der Waals surface area contributed by atoms with Gasteiger partial charge in [0.05, 0.1) is 10.3 Å². The highest BCUT2D eigenvalue weighted by atomic mass is 32.1. The van der Waals surface area contributed by atoms with E-state index in [-0.39, 0.29) is 5.56 Å². The van der Waals surface area contributed by atoms with E-state index in [1.807, 2.05) is 16.8 Å². The standard InChI is InChI=1S/C13H12N2O3S2/c1-6-9-11(16)14-8(4-7-2-3-19-5-7)15-12(9)20-10(6)13(17)18/h2-3,5,13,17-18H,4H2,1H3,(H,14,15,16). The second kappa shape index (κ2) is 5.10. The van der Waals surface area contributed by atoms with Crippen LogP contribution in [0.2, 0.25) is 0 Å². The van der Waals surface area contributed by atoms with Gasteiger partial charge in [-0.15, -0.1) is 11.3 Å². The number of fused-ring (bicyclic) bond motifs is 1. The minimum Gasteiger partial charge on any atom is -0.364 e. The number of thiophene rings is 2. The first-order valence-corrected chi connectivity index (χ1v) is 7.71. The average molecular weight is 308 g/mol. The normalized spacial score (nSPS) is 11.6. The summed E-state index contributed by atoms with van der Waals surface area (Å²) in [6.07, 6.45) is -1.02. The van der Waals surface area contributed by atoms with E-state index in [9.17, 15) is 15.0 Å². The Morgan fingerprint density at radius 3 is 2.90 bits per heavy atom. The molecule has 0 saturated carbocycles. The van der Waals surface area contributed by atoms with Crippen molar-refractivity contribution in [2.75, 3.05) is 0 Å². The van der Waals surface area contributed by atoms with E-state index in [1.54, 1.807) is 18.3 Å². The molecule has 5 nitrogen and oxygen atoms in total. The number of hydrogen-bond acceptors (Lipinski definition) is 6. The van der Waals surface area contributed by atoms with Crippen LogP contribution < -0.4 is 5.56 Å². The zero-order valence-corrected chi connectivity index (χ0v) is 12.2. The number of nitrogens with one attached hydrogen (secondary N) is 1. The average Bonchev–Trinajstić information content (AvgIpc) is 2.97. The van der Waals surface area contributed by atoms with E-state index in [0.29, 0.717) is 32.9 Å². The van der Waals surface area contributed by atoms with Crippen molar-refractivity contribution >= 4 is 32.9 Å². The fourth-order valence-electron chi connectivity index (χ4n) is 2.12. The molecule has 0 fully saturated rings. The van der Waals surface area contributed by atoms with Gasteiger partial charge in [0.15, 0.2) is 6.29 Å². The minimum atomic E-state index is -1.58. The monoisotopic (exact) mass is 308 g/mol. The Bertz CT molecular complexity index is 803. The molecule has 0 amide bonds. The molecular formula is C13H12N2O3S2. The van der Waals surface area contributed by atoms with Gasteiger partial charge in [-0.25, -0.2) is 4.98 Å². The number of aryl methyl sites for hydroxylation is 1. The fraction of sp³-hybridized carbons (Fsp3) is 0.231. The molecule has 0 atom stereocenters. The molecule has 0 aliphatic rings. The lowest BCUT2D eigenvalue weighted by molar-refractivity contribution is -0.0398. The summed E-state index contributed by atoms with van der Waals surface area (Å²) in [5.74, 6) is 0.584. The van der Waals surface area contributed by atoms with Gasteiger partial charge in [-0.2, -0.15) is 11.3 Å². The second-order valence-corrected chi connectivity index (χ2v) is 6.28. The Hall–Kier alpha value is -1.54. The SMILES string of the molecule is Cc1c(C(O)O)sc2nc(Cc3ccsc3)[nH]c(=O)c12. The first kappa shape index (κ1) is 13.4. The van der Waals surface area contributed by atoms with Crippen molar-refractivity contribution in [3.8, 4) is 0 Å². The number of hydrogen-bond donors (Lipinski definition) is 3. The number of aromatic nitrogens is 2. The largest absolute Gasteiger partial charge is 0.364 e. The Morgan fingerprint density at radius 1 is 1.45 bits per heavy atom. The summed E-state index contributed by atoms with van der Waals surface area (Å²) in [4.78, 5) is 20.2. The van der Waals surface area contributed by atoms with Crippen molar-refractivity contribution in [2.45, 2.75) is 19.6 Å². The van der Waals surface area contributed by atoms with Crippen LogP contribution >= 0.6 is 22.7 Å². The van der Waals surface area contributed by atoms with Crippen LogP contribution in [-0.2, 0) is 6.42 Å². The topological polar surface area (TPSA) is 86.2 Å². The van der Waals surface area contributed by atoms with Crippen LogP contribution in [0.3, 0.4) is 0 Å². The van der Waals surface area contributed by atoms with Crippen LogP contribution in [-0.4, -0.2) is 20.2 Å². The minimum absolute atomic E-state index is 0.235. The lowest BCUT2D eigenvalue weighted by Gasteiger charge is -2.00. The Labute approximate surface area is 122 Å². The van der Waals surface area contributed by atoms with Crippen LogP contribution in [0.1, 0.15) is 28.1 Å². The molecule has 0 saturated heterocycles. The van der Waals surface area contributed by atoms with Crippen molar-refractivity contribution in [3.63, 3.8) is 0 Å². The van der Waals surface area contributed by atoms with Crippen LogP contribution in [0.5, 0.6) is 0 Å². The van der Waals surface area contributed by atoms with E-state index < -0.39 is 6.29 Å². The maximum absolute atomic E-state index is 12.1. The molecule has 0 bridgehead atoms. The lowest BCUT2D eigenvalue weighted by Crippen LogP contribution is -2.11. The molecule has 0 spiro atoms. The molecule has 0 aromatic carbocycles. The number of aliphatic hydroxyl groups is 2. The predicted octanol–water partition coefficient (Wildman–Crippen LogP) is 1.93. The van der Waals surface area contributed by atoms with Crippen molar-refractivity contribution in [1.29, 1.82) is 0 Å². The molecule has 0 unspecified atom stereocenters. The Kier molecular flexibility index (Phi) is 3.43. The van der Waals surface area contributed by atoms with Crippen LogP contribution in [0, 0.1) is 6.92 Å². The second-order valence-electron chi connectivity index (χ2n) is 4.47. The summed E-state index contributed by atoms with van der Waals surface area (Å²) in [5.41, 5.74) is 1.44. The van der Waals surface area contributed by atoms with Crippen LogP contribution in [0.4, 0.5) is 0 Å². The summed E-state index contributed by atoms with van der Waals surface area (Å²) >= 11 is 2.74. The van der Waals surface area contributed by atoms with Gasteiger partial charge in [0, 0.05) is 6.42 Å². The first-order chi connectivity index (χ1) is 9.56. The molecule has 3 N–H and O–H groups in total. The van der Waals surface area contributed by atoms with Crippen LogP contribution in [0.25, 0.3) is 10.2 Å². The molecule has 3 aromatic heterocycles. The van der Waals surface area contributed by atoms with Gasteiger partial charge in [0.2, 0.25) is 0 Å². The number of aromatic amines is 1. The third-order valence-electron chi connectivity index (χ3n) is 3.07. The fourth-order valence-corrected chi connectivity index (χ4v) is 3.86. The number of H-pyrrole nitrogens is 1. The Morgan fingerprint density at radius 2 is 2.25 bits per heavy atom. The third-order valence-corrected chi connectivity index (χ3v) is 5.03. The van der Waals surface area contributed by atoms with Gasteiger partial charge in [-0.05, 0) is 34.9 Å². The third kappa shape index (κ3) is 2.29. The molecule has 7 heteroatoms. The predicted molar refractivity (Wildman–Crippen MR) is 79.3 cm³/mol. The van der Waals surface area contributed by atoms with Gasteiger partial charge in [-0.3, -0.25) is 4.79 Å². The van der Waals surface area contributed by atoms with Crippen molar-refractivity contribution in [3.05, 3.63) is 49.0 Å². The van der Waals surface area contributed by atoms with E-state index in [2.05, 4.69) is 9.97 Å². The highest BCUT2D eigenvalue weighted by Gasteiger charge is 2.18. The molecule has 3 aromatic rings. The number of nitrogens with zero attached hydrogens (tertiary/aromatic N) is 1. The van der Waals surface area contributed by atoms with Gasteiger partial charge >= 0.3 is 0 Å². The summed E-state index contributed by atoms with van der Waals surface area (Å²) in [7, 11) is 0. The molecule has 104 valence electrons. The molecule has 3 rings (SSSR count). The first-order valence-electron chi connectivity index (χ1n) is 5.95. The van der Waals surface area contributed by atoms with E-state index in [4.69, 9.17) is 0 Å². The maximum Gasteiger partial charge on any atom is 0.259 e. The molecular weight excluding hydrogens is 296 g/mol. The Balaban J connectivity index is 2.12. The van der Waals surface area contributed by atoms with Gasteiger partial charge < -0.3 is 15.2 Å². The van der Waals surface area contributed by atoms with E-state index in [1.165, 1.54) is 0 Å². The highest BCUT2D eigenvalue weighted by molar-refractivity contribution is 7.18. The van der Waals surface area contributed by atoms with E-state index >= 15 is 0 Å². The number of rotatable bonds is 3. The van der Waals surface area contributed by atoms with Gasteiger partial charge in [0.25, 0.3) is 5.56 Å². The maximum atomic E-state index is 12.1. The summed E-state index contributed by atoms with van der Waals surface area (Å²) in [6.45, 7) is 1.70. The highest BCUT2D eigenvalue weighted by Crippen LogP contribution is 2.30. The quantitative estimate of drug-likeness (QED) is 0.645. The van der Waals surface area contributed by atoms with Gasteiger partial charge in [-0.1, -0.05) is 0 Å². The summed E-state index contributed by atoms with van der Waals surface area (Å²) in [5, 5.41) is 23.0. The van der Waals surface area contributed by atoms with Crippen molar-refractivity contribution < 1.29 is 10.2 Å². The molecule has 0 aliphatic heterocycles. The lowest BCUT2D eigenvalue weighted by atomic mass is 10.2.